The molecule has 0 N–H and O–H groups in total. The van der Waals surface area contributed by atoms with Gasteiger partial charge in [-0.3, -0.25) is 0 Å². The Morgan fingerprint density at radius 2 is 2.06 bits per heavy atom. The third kappa shape index (κ3) is 2.51. The van der Waals surface area contributed by atoms with Gasteiger partial charge < -0.3 is 24.8 Å². The number of hydrogen-bond donors (Lipinski definition) is 0. The van der Waals surface area contributed by atoms with Crippen LogP contribution in [0.15, 0.2) is 43.8 Å². The van der Waals surface area contributed by atoms with E-state index in [4.69, 9.17) is 0 Å². The fourth-order valence-corrected chi connectivity index (χ4v) is 4.93. The second-order valence-electron chi connectivity index (χ2n) is 4.95. The van der Waals surface area contributed by atoms with E-state index < -0.39 is 0 Å². The van der Waals surface area contributed by atoms with Crippen LogP contribution in [-0.2, 0) is 24.7 Å². The van der Waals surface area contributed by atoms with Crippen LogP contribution in [0.5, 0.6) is 0 Å². The molecule has 2 bridgehead atoms. The summed E-state index contributed by atoms with van der Waals surface area (Å²) < 4.78 is 1.76. The van der Waals surface area contributed by atoms with E-state index in [0.29, 0.717) is 0 Å². The van der Waals surface area contributed by atoms with Crippen LogP contribution in [-0.4, -0.2) is 0 Å². The molecule has 18 heavy (non-hydrogen) atoms. The molecule has 1 unspecified atom stereocenters. The SMILES string of the molecule is CCCC1=C2CCC1=[C]([Zr+2])C2C1=CC=CC1.[Cl-].[Cl-]. The predicted octanol–water partition coefficient (Wildman–Crippen LogP) is -1.80. The summed E-state index contributed by atoms with van der Waals surface area (Å²) in [5.74, 6) is 0.735. The maximum absolute atomic E-state index is 2.35. The molecular formula is C15H17Cl2Zr. The zero-order valence-electron chi connectivity index (χ0n) is 10.6. The van der Waals surface area contributed by atoms with Gasteiger partial charge in [0.1, 0.15) is 0 Å². The number of halogens is 2. The smallest absolute Gasteiger partial charge is 1.00 e. The zero-order chi connectivity index (χ0) is 11.1. The third-order valence-corrected chi connectivity index (χ3v) is 5.48. The Bertz CT molecular complexity index is 455. The average Bonchev–Trinajstić information content (AvgIpc) is 2.94. The van der Waals surface area contributed by atoms with E-state index in [-0.39, 0.29) is 24.8 Å². The minimum Gasteiger partial charge on any atom is -1.00 e. The first kappa shape index (κ1) is 16.5. The summed E-state index contributed by atoms with van der Waals surface area (Å²) in [7, 11) is 0. The van der Waals surface area contributed by atoms with E-state index >= 15 is 0 Å². The maximum Gasteiger partial charge on any atom is -1.00 e. The van der Waals surface area contributed by atoms with Gasteiger partial charge in [-0.05, 0) is 0 Å². The van der Waals surface area contributed by atoms with Crippen LogP contribution >= 0.6 is 0 Å². The Hall–Kier alpha value is 0.423. The van der Waals surface area contributed by atoms with E-state index in [0.717, 1.165) is 5.92 Å². The molecule has 0 aromatic heterocycles. The fourth-order valence-electron chi connectivity index (χ4n) is 3.37. The number of hydrogen-bond acceptors (Lipinski definition) is 0. The van der Waals surface area contributed by atoms with E-state index in [1.807, 2.05) is 0 Å². The summed E-state index contributed by atoms with van der Waals surface area (Å²) >= 11 is 1.65. The van der Waals surface area contributed by atoms with E-state index in [2.05, 4.69) is 25.2 Å². The quantitative estimate of drug-likeness (QED) is 0.558. The molecule has 0 saturated carbocycles. The van der Waals surface area contributed by atoms with Crippen molar-refractivity contribution >= 4 is 0 Å². The third-order valence-electron chi connectivity index (χ3n) is 4.03. The summed E-state index contributed by atoms with van der Waals surface area (Å²) in [6.07, 6.45) is 13.4. The Balaban J connectivity index is 0.000000810. The van der Waals surface area contributed by atoms with Crippen molar-refractivity contribution in [2.45, 2.75) is 39.0 Å². The minimum atomic E-state index is 0. The van der Waals surface area contributed by atoms with Gasteiger partial charge in [0.2, 0.25) is 0 Å². The fraction of sp³-hybridized carbons (Fsp3) is 0.467. The van der Waals surface area contributed by atoms with Crippen molar-refractivity contribution in [3.05, 3.63) is 43.8 Å². The van der Waals surface area contributed by atoms with Gasteiger partial charge >= 0.3 is 113 Å². The largest absolute Gasteiger partial charge is 1.00 e. The monoisotopic (exact) mass is 357 g/mol. The summed E-state index contributed by atoms with van der Waals surface area (Å²) in [5, 5.41) is 0. The predicted molar refractivity (Wildman–Crippen MR) is 63.5 cm³/mol. The summed E-state index contributed by atoms with van der Waals surface area (Å²) in [4.78, 5) is 0. The van der Waals surface area contributed by atoms with Gasteiger partial charge in [-0.25, -0.2) is 0 Å². The molecule has 3 heteroatoms. The molecule has 3 rings (SSSR count). The second kappa shape index (κ2) is 6.73. The summed E-state index contributed by atoms with van der Waals surface area (Å²) in [6.45, 7) is 2.31. The molecule has 0 aliphatic heterocycles. The summed E-state index contributed by atoms with van der Waals surface area (Å²) in [6, 6.07) is 0. The molecule has 0 aromatic carbocycles. The molecule has 0 fully saturated rings. The second-order valence-corrected chi connectivity index (χ2v) is 6.28. The van der Waals surface area contributed by atoms with Crippen molar-refractivity contribution in [2.75, 3.05) is 0 Å². The van der Waals surface area contributed by atoms with Crippen LogP contribution in [0, 0.1) is 5.92 Å². The molecule has 3 aliphatic carbocycles. The van der Waals surface area contributed by atoms with Crippen LogP contribution in [0.2, 0.25) is 0 Å². The molecule has 0 heterocycles. The van der Waals surface area contributed by atoms with Gasteiger partial charge in [0, 0.05) is 0 Å². The average molecular weight is 359 g/mol. The number of allylic oxidation sites excluding steroid dienone is 8. The van der Waals surface area contributed by atoms with Crippen LogP contribution in [0.4, 0.5) is 0 Å². The Morgan fingerprint density at radius 1 is 1.28 bits per heavy atom. The van der Waals surface area contributed by atoms with Crippen LogP contribution in [0.25, 0.3) is 0 Å². The molecular weight excluding hydrogens is 342 g/mol. The van der Waals surface area contributed by atoms with Crippen LogP contribution in [0.1, 0.15) is 39.0 Å². The molecule has 0 amide bonds. The Kier molecular flexibility index (Phi) is 6.16. The molecule has 0 saturated heterocycles. The molecule has 0 radical (unpaired) electrons. The molecule has 0 nitrogen and oxygen atoms in total. The van der Waals surface area contributed by atoms with Crippen LogP contribution < -0.4 is 24.8 Å². The number of fused-ring (bicyclic) bond motifs is 1. The normalized spacial score (nSPS) is 24.4. The first-order valence-corrected chi connectivity index (χ1v) is 7.58. The topological polar surface area (TPSA) is 0 Å². The maximum atomic E-state index is 2.35. The van der Waals surface area contributed by atoms with Crippen molar-refractivity contribution < 1.29 is 49.5 Å². The van der Waals surface area contributed by atoms with Gasteiger partial charge in [0.25, 0.3) is 0 Å². The number of rotatable bonds is 3. The van der Waals surface area contributed by atoms with Crippen LogP contribution in [0.3, 0.4) is 0 Å². The van der Waals surface area contributed by atoms with Crippen molar-refractivity contribution in [1.82, 2.24) is 0 Å². The first-order chi connectivity index (χ1) is 7.83. The summed E-state index contributed by atoms with van der Waals surface area (Å²) in [5.41, 5.74) is 6.96. The minimum absolute atomic E-state index is 0. The van der Waals surface area contributed by atoms with Gasteiger partial charge in [-0.1, -0.05) is 0 Å². The van der Waals surface area contributed by atoms with E-state index in [9.17, 15) is 0 Å². The van der Waals surface area contributed by atoms with Gasteiger partial charge in [-0.2, -0.15) is 0 Å². The Labute approximate surface area is 137 Å². The first-order valence-electron chi connectivity index (χ1n) is 6.35. The zero-order valence-corrected chi connectivity index (χ0v) is 14.6. The van der Waals surface area contributed by atoms with Crippen molar-refractivity contribution in [3.63, 3.8) is 0 Å². The molecule has 95 valence electrons. The van der Waals surface area contributed by atoms with Crippen molar-refractivity contribution in [3.8, 4) is 0 Å². The van der Waals surface area contributed by atoms with Gasteiger partial charge in [0.05, 0.1) is 0 Å². The molecule has 0 aromatic rings. The Morgan fingerprint density at radius 3 is 2.67 bits per heavy atom. The van der Waals surface area contributed by atoms with Crippen molar-refractivity contribution in [1.29, 1.82) is 0 Å². The molecule has 3 aliphatic rings. The van der Waals surface area contributed by atoms with Gasteiger partial charge in [-0.15, -0.1) is 0 Å². The molecule has 0 spiro atoms. The van der Waals surface area contributed by atoms with Crippen molar-refractivity contribution in [2.24, 2.45) is 5.92 Å². The molecule has 1 atom stereocenters. The van der Waals surface area contributed by atoms with E-state index in [1.165, 1.54) is 32.1 Å². The van der Waals surface area contributed by atoms with E-state index in [1.54, 1.807) is 50.3 Å². The van der Waals surface area contributed by atoms with Gasteiger partial charge in [0.15, 0.2) is 0 Å². The standard InChI is InChI=1S/C15H17.2ClH.Zr/c1-2-5-13-12-8-9-14(13)15(10-12)11-6-3-4-7-11;;;/h3-4,6,15H,2,5,7-9H2,1H3;2*1H;/q;;;+2/p-2.